The zero-order valence-electron chi connectivity index (χ0n) is 19.8. The lowest BCUT2D eigenvalue weighted by Gasteiger charge is -2.13. The van der Waals surface area contributed by atoms with Gasteiger partial charge in [0.05, 0.1) is 17.1 Å². The van der Waals surface area contributed by atoms with Gasteiger partial charge in [-0.2, -0.15) is 5.10 Å². The number of aromatic nitrogens is 3. The van der Waals surface area contributed by atoms with Gasteiger partial charge in [-0.25, -0.2) is 9.67 Å². The molecule has 7 heteroatoms. The lowest BCUT2D eigenvalue weighted by molar-refractivity contribution is 0.0934. The minimum atomic E-state index is -0.166. The molecule has 2 amide bonds. The summed E-state index contributed by atoms with van der Waals surface area (Å²) in [7, 11) is 0. The number of hydrogen-bond donors (Lipinski definition) is 2. The molecule has 0 radical (unpaired) electrons. The van der Waals surface area contributed by atoms with E-state index in [0.717, 1.165) is 28.7 Å². The van der Waals surface area contributed by atoms with Gasteiger partial charge < -0.3 is 10.6 Å². The first kappa shape index (κ1) is 23.4. The topological polar surface area (TPSA) is 88.9 Å². The highest BCUT2D eigenvalue weighted by Gasteiger charge is 2.19. The number of nitrogens with one attached hydrogen (secondary N) is 2. The fourth-order valence-electron chi connectivity index (χ4n) is 3.36. The summed E-state index contributed by atoms with van der Waals surface area (Å²) in [6.45, 7) is 12.6. The fraction of sp³-hybridized carbons (Fsp3) is 0.440. The number of nitrogens with zero attached hydrogens (tertiary/aromatic N) is 3. The maximum atomic E-state index is 13.1. The number of carbonyl (C=O) groups is 2. The largest absolute Gasteiger partial charge is 0.350 e. The van der Waals surface area contributed by atoms with Gasteiger partial charge in [-0.3, -0.25) is 9.59 Å². The van der Waals surface area contributed by atoms with Crippen molar-refractivity contribution in [2.45, 2.75) is 72.5 Å². The third-order valence-electron chi connectivity index (χ3n) is 5.57. The van der Waals surface area contributed by atoms with Crippen LogP contribution in [0.1, 0.15) is 91.9 Å². The number of pyridine rings is 1. The van der Waals surface area contributed by atoms with Crippen molar-refractivity contribution in [1.82, 2.24) is 25.4 Å². The number of fused-ring (bicyclic) bond motifs is 1. The molecule has 0 fully saturated rings. The molecule has 0 aliphatic heterocycles. The molecular formula is C25H33N5O2. The van der Waals surface area contributed by atoms with E-state index < -0.39 is 0 Å². The second-order valence-corrected chi connectivity index (χ2v) is 8.83. The highest BCUT2D eigenvalue weighted by molar-refractivity contribution is 6.05. The molecule has 0 spiro atoms. The van der Waals surface area contributed by atoms with Gasteiger partial charge in [-0.05, 0) is 56.9 Å². The van der Waals surface area contributed by atoms with Crippen LogP contribution in [0.3, 0.4) is 0 Å². The number of hydrogen-bond acceptors (Lipinski definition) is 4. The molecule has 2 heterocycles. The number of amides is 2. The van der Waals surface area contributed by atoms with Gasteiger partial charge in [0.15, 0.2) is 5.65 Å². The SMILES string of the molecule is CC[C@H](C)NC(=O)c1ccc(CNC(=O)c2cc(C(C)C)nc3c2cnn3C(C)C)cc1. The van der Waals surface area contributed by atoms with Crippen molar-refractivity contribution in [2.75, 3.05) is 0 Å². The normalized spacial score (nSPS) is 12.4. The van der Waals surface area contributed by atoms with Crippen LogP contribution in [0.15, 0.2) is 36.5 Å². The van der Waals surface area contributed by atoms with E-state index in [1.165, 1.54) is 0 Å². The van der Waals surface area contributed by atoms with Gasteiger partial charge in [0.2, 0.25) is 0 Å². The van der Waals surface area contributed by atoms with E-state index in [9.17, 15) is 9.59 Å². The molecule has 7 nitrogen and oxygen atoms in total. The van der Waals surface area contributed by atoms with Crippen molar-refractivity contribution in [1.29, 1.82) is 0 Å². The zero-order chi connectivity index (χ0) is 23.4. The van der Waals surface area contributed by atoms with Crippen molar-refractivity contribution in [2.24, 2.45) is 0 Å². The standard InChI is InChI=1S/C25H33N5O2/c1-7-17(6)28-24(31)19-10-8-18(9-11-19)13-26-25(32)20-12-22(15(2)3)29-23-21(20)14-27-30(23)16(4)5/h8-12,14-17H,7,13H2,1-6H3,(H,26,32)(H,28,31)/t17-/m0/s1. The smallest absolute Gasteiger partial charge is 0.252 e. The van der Waals surface area contributed by atoms with Crippen LogP contribution in [0.5, 0.6) is 0 Å². The minimum Gasteiger partial charge on any atom is -0.350 e. The molecule has 0 saturated carbocycles. The molecule has 3 aromatic rings. The van der Waals surface area contributed by atoms with Crippen LogP contribution >= 0.6 is 0 Å². The number of carbonyl (C=O) groups excluding carboxylic acids is 2. The number of rotatable bonds is 8. The average Bonchev–Trinajstić information content (AvgIpc) is 3.21. The summed E-state index contributed by atoms with van der Waals surface area (Å²) in [5.74, 6) is -0.0609. The Balaban J connectivity index is 1.77. The second-order valence-electron chi connectivity index (χ2n) is 8.83. The first-order chi connectivity index (χ1) is 15.2. The van der Waals surface area contributed by atoms with Crippen molar-refractivity contribution in [3.8, 4) is 0 Å². The summed E-state index contributed by atoms with van der Waals surface area (Å²) >= 11 is 0. The summed E-state index contributed by atoms with van der Waals surface area (Å²) in [6.07, 6.45) is 2.60. The first-order valence-electron chi connectivity index (χ1n) is 11.3. The highest BCUT2D eigenvalue weighted by atomic mass is 16.2. The monoisotopic (exact) mass is 435 g/mol. The third-order valence-corrected chi connectivity index (χ3v) is 5.57. The lowest BCUT2D eigenvalue weighted by Crippen LogP contribution is -2.31. The maximum Gasteiger partial charge on any atom is 0.252 e. The van der Waals surface area contributed by atoms with E-state index in [4.69, 9.17) is 4.98 Å². The average molecular weight is 436 g/mol. The molecule has 3 rings (SSSR count). The quantitative estimate of drug-likeness (QED) is 0.541. The van der Waals surface area contributed by atoms with Crippen molar-refractivity contribution < 1.29 is 9.59 Å². The molecular weight excluding hydrogens is 402 g/mol. The zero-order valence-corrected chi connectivity index (χ0v) is 19.8. The molecule has 0 aliphatic carbocycles. The lowest BCUT2D eigenvalue weighted by atomic mass is 10.0. The van der Waals surface area contributed by atoms with Crippen LogP contribution in [-0.2, 0) is 6.54 Å². The summed E-state index contributed by atoms with van der Waals surface area (Å²) < 4.78 is 1.85. The fourth-order valence-corrected chi connectivity index (χ4v) is 3.36. The van der Waals surface area contributed by atoms with E-state index in [1.807, 2.05) is 50.6 Å². The Hall–Kier alpha value is -3.22. The molecule has 170 valence electrons. The van der Waals surface area contributed by atoms with Crippen LogP contribution < -0.4 is 10.6 Å². The molecule has 32 heavy (non-hydrogen) atoms. The Kier molecular flexibility index (Phi) is 7.28. The molecule has 0 saturated heterocycles. The summed E-state index contributed by atoms with van der Waals surface area (Å²) in [5, 5.41) is 11.1. The van der Waals surface area contributed by atoms with Crippen molar-refractivity contribution >= 4 is 22.8 Å². The van der Waals surface area contributed by atoms with Gasteiger partial charge in [-0.15, -0.1) is 0 Å². The Labute approximate surface area is 189 Å². The van der Waals surface area contributed by atoms with Crippen LogP contribution in [0.25, 0.3) is 11.0 Å². The Morgan fingerprint density at radius 2 is 1.72 bits per heavy atom. The van der Waals surface area contributed by atoms with Gasteiger partial charge in [0, 0.05) is 29.9 Å². The molecule has 2 aromatic heterocycles. The van der Waals surface area contributed by atoms with Crippen LogP contribution in [0, 0.1) is 0 Å². The van der Waals surface area contributed by atoms with Crippen LogP contribution in [0.4, 0.5) is 0 Å². The molecule has 0 bridgehead atoms. The van der Waals surface area contributed by atoms with Crippen molar-refractivity contribution in [3.05, 3.63) is 58.9 Å². The third kappa shape index (κ3) is 5.15. The van der Waals surface area contributed by atoms with Gasteiger partial charge in [0.25, 0.3) is 11.8 Å². The van der Waals surface area contributed by atoms with Gasteiger partial charge >= 0.3 is 0 Å². The van der Waals surface area contributed by atoms with E-state index in [-0.39, 0.29) is 29.8 Å². The summed E-state index contributed by atoms with van der Waals surface area (Å²) in [4.78, 5) is 30.1. The van der Waals surface area contributed by atoms with Gasteiger partial charge in [-0.1, -0.05) is 32.9 Å². The van der Waals surface area contributed by atoms with E-state index in [0.29, 0.717) is 17.7 Å². The first-order valence-corrected chi connectivity index (χ1v) is 11.3. The van der Waals surface area contributed by atoms with Crippen LogP contribution in [0.2, 0.25) is 0 Å². The Morgan fingerprint density at radius 1 is 1.03 bits per heavy atom. The Bertz CT molecular complexity index is 1100. The van der Waals surface area contributed by atoms with E-state index in [1.54, 1.807) is 18.3 Å². The second kappa shape index (κ2) is 9.94. The minimum absolute atomic E-state index is 0.0857. The Morgan fingerprint density at radius 3 is 2.31 bits per heavy atom. The highest BCUT2D eigenvalue weighted by Crippen LogP contribution is 2.24. The molecule has 0 unspecified atom stereocenters. The van der Waals surface area contributed by atoms with Crippen molar-refractivity contribution in [3.63, 3.8) is 0 Å². The van der Waals surface area contributed by atoms with E-state index >= 15 is 0 Å². The van der Waals surface area contributed by atoms with E-state index in [2.05, 4.69) is 29.6 Å². The predicted molar refractivity (Wildman–Crippen MR) is 127 cm³/mol. The molecule has 0 aliphatic rings. The maximum absolute atomic E-state index is 13.1. The number of benzene rings is 1. The van der Waals surface area contributed by atoms with Crippen LogP contribution in [-0.4, -0.2) is 32.6 Å². The molecule has 2 N–H and O–H groups in total. The molecule has 1 atom stereocenters. The summed E-state index contributed by atoms with van der Waals surface area (Å²) in [6, 6.07) is 9.44. The van der Waals surface area contributed by atoms with Gasteiger partial charge in [0.1, 0.15) is 0 Å². The summed E-state index contributed by atoms with van der Waals surface area (Å²) in [5.41, 5.74) is 3.70. The molecule has 1 aromatic carbocycles. The predicted octanol–water partition coefficient (Wildman–Crippen LogP) is 4.59.